The lowest BCUT2D eigenvalue weighted by molar-refractivity contribution is 0.669. The molecule has 0 aliphatic carbocycles. The molecular weight excluding hydrogens is 639 g/mol. The van der Waals surface area contributed by atoms with Crippen molar-refractivity contribution in [3.63, 3.8) is 0 Å². The summed E-state index contributed by atoms with van der Waals surface area (Å²) < 4.78 is 9.06. The number of hydrogen-bond donors (Lipinski definition) is 0. The quantitative estimate of drug-likeness (QED) is 0.175. The van der Waals surface area contributed by atoms with Gasteiger partial charge in [-0.25, -0.2) is 0 Å². The van der Waals surface area contributed by atoms with Crippen molar-refractivity contribution < 1.29 is 4.42 Å². The van der Waals surface area contributed by atoms with Crippen LogP contribution in [0.25, 0.3) is 75.5 Å². The van der Waals surface area contributed by atoms with E-state index in [1.54, 1.807) is 0 Å². The fourth-order valence-corrected chi connectivity index (χ4v) is 8.84. The third-order valence-electron chi connectivity index (χ3n) is 9.91. The topological polar surface area (TPSA) is 16.4 Å². The average molecular weight is 670 g/mol. The SMILES string of the molecule is c1ccc(-c2ccccc2-c2ccccc2N(c2ccc(-c3cccc4c3sc3ccccc34)cc2)c2cccc3oc4ccccc4c23)cc1. The number of rotatable bonds is 6. The molecule has 0 N–H and O–H groups in total. The normalized spacial score (nSPS) is 11.5. The monoisotopic (exact) mass is 669 g/mol. The van der Waals surface area contributed by atoms with Crippen molar-refractivity contribution in [2.45, 2.75) is 0 Å². The molecule has 0 aliphatic heterocycles. The van der Waals surface area contributed by atoms with E-state index in [1.807, 2.05) is 17.4 Å². The lowest BCUT2D eigenvalue weighted by Crippen LogP contribution is -2.11. The fraction of sp³-hybridized carbons (Fsp3) is 0. The van der Waals surface area contributed by atoms with Crippen LogP contribution in [0, 0.1) is 0 Å². The fourth-order valence-electron chi connectivity index (χ4n) is 7.60. The second-order valence-electron chi connectivity index (χ2n) is 12.8. The first-order chi connectivity index (χ1) is 25.3. The van der Waals surface area contributed by atoms with Crippen molar-refractivity contribution in [1.29, 1.82) is 0 Å². The van der Waals surface area contributed by atoms with Gasteiger partial charge in [-0.3, -0.25) is 0 Å². The molecule has 51 heavy (non-hydrogen) atoms. The molecule has 8 aromatic carbocycles. The number of anilines is 3. The van der Waals surface area contributed by atoms with E-state index in [2.05, 4.69) is 187 Å². The Hall–Kier alpha value is -6.42. The summed E-state index contributed by atoms with van der Waals surface area (Å²) in [7, 11) is 0. The Balaban J connectivity index is 1.20. The Labute approximate surface area is 300 Å². The molecule has 0 unspecified atom stereocenters. The molecule has 0 saturated heterocycles. The average Bonchev–Trinajstić information content (AvgIpc) is 3.78. The highest BCUT2D eigenvalue weighted by molar-refractivity contribution is 7.26. The lowest BCUT2D eigenvalue weighted by atomic mass is 9.93. The zero-order valence-electron chi connectivity index (χ0n) is 27.7. The molecule has 0 bridgehead atoms. The van der Waals surface area contributed by atoms with Gasteiger partial charge in [0.05, 0.1) is 16.8 Å². The van der Waals surface area contributed by atoms with Gasteiger partial charge < -0.3 is 9.32 Å². The van der Waals surface area contributed by atoms with Crippen molar-refractivity contribution in [3.05, 3.63) is 188 Å². The summed E-state index contributed by atoms with van der Waals surface area (Å²) in [5, 5.41) is 4.82. The molecular formula is C48H31NOS. The summed E-state index contributed by atoms with van der Waals surface area (Å²) in [6.45, 7) is 0. The van der Waals surface area contributed by atoms with Gasteiger partial charge in [0, 0.05) is 36.8 Å². The third-order valence-corrected chi connectivity index (χ3v) is 11.1. The molecule has 240 valence electrons. The number of nitrogens with zero attached hydrogens (tertiary/aromatic N) is 1. The van der Waals surface area contributed by atoms with Crippen molar-refractivity contribution in [3.8, 4) is 33.4 Å². The minimum atomic E-state index is 0.869. The van der Waals surface area contributed by atoms with E-state index >= 15 is 0 Å². The summed E-state index contributed by atoms with van der Waals surface area (Å²) in [5.41, 5.74) is 12.2. The van der Waals surface area contributed by atoms with E-state index in [9.17, 15) is 0 Å². The van der Waals surface area contributed by atoms with Crippen LogP contribution >= 0.6 is 11.3 Å². The number of hydrogen-bond acceptors (Lipinski definition) is 3. The minimum Gasteiger partial charge on any atom is -0.456 e. The van der Waals surface area contributed by atoms with Crippen LogP contribution in [-0.4, -0.2) is 0 Å². The Morgan fingerprint density at radius 2 is 0.961 bits per heavy atom. The Morgan fingerprint density at radius 3 is 1.82 bits per heavy atom. The highest BCUT2D eigenvalue weighted by atomic mass is 32.1. The zero-order valence-corrected chi connectivity index (χ0v) is 28.5. The van der Waals surface area contributed by atoms with Crippen LogP contribution in [0.1, 0.15) is 0 Å². The Morgan fingerprint density at radius 1 is 0.373 bits per heavy atom. The maximum atomic E-state index is 6.42. The molecule has 2 nitrogen and oxygen atoms in total. The summed E-state index contributed by atoms with van der Waals surface area (Å²) in [5.74, 6) is 0. The van der Waals surface area contributed by atoms with Crippen molar-refractivity contribution in [2.24, 2.45) is 0 Å². The van der Waals surface area contributed by atoms with Crippen LogP contribution < -0.4 is 4.90 Å². The van der Waals surface area contributed by atoms with E-state index in [0.717, 1.165) is 44.6 Å². The van der Waals surface area contributed by atoms with Gasteiger partial charge in [-0.15, -0.1) is 11.3 Å². The van der Waals surface area contributed by atoms with E-state index < -0.39 is 0 Å². The van der Waals surface area contributed by atoms with Crippen molar-refractivity contribution >= 4 is 70.5 Å². The van der Waals surface area contributed by atoms with Gasteiger partial charge in [0.15, 0.2) is 0 Å². The van der Waals surface area contributed by atoms with Gasteiger partial charge in [0.1, 0.15) is 11.2 Å². The second-order valence-corrected chi connectivity index (χ2v) is 13.9. The predicted molar refractivity (Wildman–Crippen MR) is 218 cm³/mol. The second kappa shape index (κ2) is 12.2. The van der Waals surface area contributed by atoms with Gasteiger partial charge >= 0.3 is 0 Å². The molecule has 3 heteroatoms. The van der Waals surface area contributed by atoms with Crippen LogP contribution in [0.4, 0.5) is 17.1 Å². The molecule has 10 rings (SSSR count). The number of para-hydroxylation sites is 2. The first-order valence-corrected chi connectivity index (χ1v) is 18.1. The minimum absolute atomic E-state index is 0.869. The summed E-state index contributed by atoms with van der Waals surface area (Å²) >= 11 is 1.87. The van der Waals surface area contributed by atoms with Crippen molar-refractivity contribution in [2.75, 3.05) is 4.90 Å². The molecule has 0 radical (unpaired) electrons. The molecule has 0 fully saturated rings. The zero-order chi connectivity index (χ0) is 33.7. The molecule has 0 spiro atoms. The molecule has 0 aliphatic rings. The van der Waals surface area contributed by atoms with E-state index in [-0.39, 0.29) is 0 Å². The first-order valence-electron chi connectivity index (χ1n) is 17.3. The van der Waals surface area contributed by atoms with Crippen molar-refractivity contribution in [1.82, 2.24) is 0 Å². The number of fused-ring (bicyclic) bond motifs is 6. The largest absolute Gasteiger partial charge is 0.456 e. The molecule has 0 amide bonds. The Bertz CT molecular complexity index is 2860. The maximum absolute atomic E-state index is 6.42. The van der Waals surface area contributed by atoms with E-state index in [4.69, 9.17) is 4.42 Å². The number of benzene rings is 8. The van der Waals surface area contributed by atoms with Crippen LogP contribution in [0.5, 0.6) is 0 Å². The molecule has 10 aromatic rings. The molecule has 0 atom stereocenters. The first kappa shape index (κ1) is 29.5. The third kappa shape index (κ3) is 4.93. The van der Waals surface area contributed by atoms with E-state index in [0.29, 0.717) is 0 Å². The maximum Gasteiger partial charge on any atom is 0.137 e. The van der Waals surface area contributed by atoms with Gasteiger partial charge in [0.25, 0.3) is 0 Å². The molecule has 2 aromatic heterocycles. The number of thiophene rings is 1. The molecule has 2 heterocycles. The smallest absolute Gasteiger partial charge is 0.137 e. The summed E-state index contributed by atoms with van der Waals surface area (Å²) in [4.78, 5) is 2.41. The summed E-state index contributed by atoms with van der Waals surface area (Å²) in [6, 6.07) is 67.3. The lowest BCUT2D eigenvalue weighted by Gasteiger charge is -2.29. The highest BCUT2D eigenvalue weighted by Gasteiger charge is 2.23. The standard InChI is InChI=1S/C48H31NOS/c1-2-14-32(15-3-1)35-16-4-5-17-37(35)38-18-6-9-23-42(38)49(43-24-13-26-45-47(43)41-20-7-10-25-44(41)50-45)34-30-28-33(29-31-34)36-21-12-22-40-39-19-8-11-27-46(39)51-48(36)40/h1-31H. The van der Waals surface area contributed by atoms with Gasteiger partial charge in [-0.05, 0) is 70.3 Å². The highest BCUT2D eigenvalue weighted by Crippen LogP contribution is 2.48. The van der Waals surface area contributed by atoms with Crippen LogP contribution in [0.3, 0.4) is 0 Å². The van der Waals surface area contributed by atoms with E-state index in [1.165, 1.54) is 48.0 Å². The van der Waals surface area contributed by atoms with Gasteiger partial charge in [0.2, 0.25) is 0 Å². The van der Waals surface area contributed by atoms with Gasteiger partial charge in [-0.2, -0.15) is 0 Å². The number of furan rings is 1. The Kier molecular flexibility index (Phi) is 7.04. The van der Waals surface area contributed by atoms with Crippen LogP contribution in [-0.2, 0) is 0 Å². The van der Waals surface area contributed by atoms with Gasteiger partial charge in [-0.1, -0.05) is 146 Å². The van der Waals surface area contributed by atoms with Crippen LogP contribution in [0.15, 0.2) is 192 Å². The van der Waals surface area contributed by atoms with Crippen LogP contribution in [0.2, 0.25) is 0 Å². The molecule has 0 saturated carbocycles. The predicted octanol–water partition coefficient (Wildman–Crippen LogP) is 14.4. The summed E-state index contributed by atoms with van der Waals surface area (Å²) in [6.07, 6.45) is 0.